The van der Waals surface area contributed by atoms with Crippen LogP contribution in [0.1, 0.15) is 28.3 Å². The van der Waals surface area contributed by atoms with Crippen LogP contribution in [0.25, 0.3) is 0 Å². The summed E-state index contributed by atoms with van der Waals surface area (Å²) in [5.41, 5.74) is 10.7. The molecule has 0 saturated heterocycles. The molecule has 0 bridgehead atoms. The summed E-state index contributed by atoms with van der Waals surface area (Å²) < 4.78 is 10.9. The van der Waals surface area contributed by atoms with Gasteiger partial charge in [0.2, 0.25) is 0 Å². The van der Waals surface area contributed by atoms with E-state index in [4.69, 9.17) is 15.2 Å². The zero-order valence-corrected chi connectivity index (χ0v) is 12.4. The Kier molecular flexibility index (Phi) is 4.30. The normalized spacial score (nSPS) is 12.1. The van der Waals surface area contributed by atoms with Crippen LogP contribution in [-0.4, -0.2) is 14.2 Å². The van der Waals surface area contributed by atoms with Crippen LogP contribution in [0.2, 0.25) is 0 Å². The first-order valence-electron chi connectivity index (χ1n) is 6.62. The highest BCUT2D eigenvalue weighted by Gasteiger charge is 2.20. The zero-order chi connectivity index (χ0) is 14.7. The highest BCUT2D eigenvalue weighted by Crippen LogP contribution is 2.35. The van der Waals surface area contributed by atoms with Gasteiger partial charge in [0.25, 0.3) is 0 Å². The lowest BCUT2D eigenvalue weighted by molar-refractivity contribution is 0.399. The Morgan fingerprint density at radius 1 is 0.950 bits per heavy atom. The number of benzene rings is 2. The van der Waals surface area contributed by atoms with Crippen molar-refractivity contribution in [3.05, 3.63) is 58.7 Å². The molecule has 0 saturated carbocycles. The van der Waals surface area contributed by atoms with Crippen molar-refractivity contribution >= 4 is 0 Å². The number of nitrogens with two attached hydrogens (primary N) is 1. The standard InChI is InChI=1S/C17H21NO2/c1-11-9-12(2)16(15(10-11)20-4)17(18)13-7-5-6-8-14(13)19-3/h5-10,17H,18H2,1-4H3. The fourth-order valence-electron chi connectivity index (χ4n) is 2.59. The Morgan fingerprint density at radius 2 is 1.60 bits per heavy atom. The lowest BCUT2D eigenvalue weighted by Gasteiger charge is -2.21. The molecule has 2 aromatic rings. The first-order valence-corrected chi connectivity index (χ1v) is 6.62. The van der Waals surface area contributed by atoms with Gasteiger partial charge in [-0.3, -0.25) is 0 Å². The van der Waals surface area contributed by atoms with Gasteiger partial charge in [0, 0.05) is 11.1 Å². The second-order valence-corrected chi connectivity index (χ2v) is 4.92. The van der Waals surface area contributed by atoms with Crippen molar-refractivity contribution in [1.29, 1.82) is 0 Å². The fourth-order valence-corrected chi connectivity index (χ4v) is 2.59. The van der Waals surface area contributed by atoms with E-state index in [2.05, 4.69) is 13.0 Å². The average Bonchev–Trinajstić information content (AvgIpc) is 2.45. The summed E-state index contributed by atoms with van der Waals surface area (Å²) in [6.07, 6.45) is 0. The molecule has 2 rings (SSSR count). The number of rotatable bonds is 4. The summed E-state index contributed by atoms with van der Waals surface area (Å²) in [7, 11) is 3.33. The second kappa shape index (κ2) is 5.97. The summed E-state index contributed by atoms with van der Waals surface area (Å²) >= 11 is 0. The molecule has 0 heterocycles. The molecule has 0 aliphatic heterocycles. The van der Waals surface area contributed by atoms with Crippen molar-refractivity contribution in [1.82, 2.24) is 0 Å². The van der Waals surface area contributed by atoms with E-state index in [0.717, 1.165) is 33.8 Å². The maximum atomic E-state index is 6.46. The van der Waals surface area contributed by atoms with Crippen molar-refractivity contribution in [3.8, 4) is 11.5 Å². The molecule has 3 nitrogen and oxygen atoms in total. The van der Waals surface area contributed by atoms with Crippen LogP contribution in [0, 0.1) is 13.8 Å². The number of methoxy groups -OCH3 is 2. The molecule has 3 heteroatoms. The monoisotopic (exact) mass is 271 g/mol. The minimum atomic E-state index is -0.276. The predicted octanol–water partition coefficient (Wildman–Crippen LogP) is 3.37. The van der Waals surface area contributed by atoms with Crippen LogP contribution in [0.5, 0.6) is 11.5 Å². The fraction of sp³-hybridized carbons (Fsp3) is 0.294. The van der Waals surface area contributed by atoms with Crippen molar-refractivity contribution in [2.75, 3.05) is 14.2 Å². The van der Waals surface area contributed by atoms with Crippen LogP contribution < -0.4 is 15.2 Å². The van der Waals surface area contributed by atoms with E-state index in [0.29, 0.717) is 0 Å². The van der Waals surface area contributed by atoms with Gasteiger partial charge in [0.05, 0.1) is 20.3 Å². The molecule has 20 heavy (non-hydrogen) atoms. The molecule has 0 aromatic heterocycles. The van der Waals surface area contributed by atoms with E-state index in [1.807, 2.05) is 37.3 Å². The smallest absolute Gasteiger partial charge is 0.124 e. The minimum Gasteiger partial charge on any atom is -0.496 e. The first kappa shape index (κ1) is 14.4. The molecular weight excluding hydrogens is 250 g/mol. The number of hydrogen-bond donors (Lipinski definition) is 1. The molecule has 0 fully saturated rings. The van der Waals surface area contributed by atoms with Crippen molar-refractivity contribution in [2.45, 2.75) is 19.9 Å². The minimum absolute atomic E-state index is 0.276. The summed E-state index contributed by atoms with van der Waals surface area (Å²) in [4.78, 5) is 0. The molecule has 0 amide bonds. The van der Waals surface area contributed by atoms with Gasteiger partial charge in [-0.05, 0) is 37.1 Å². The van der Waals surface area contributed by atoms with E-state index < -0.39 is 0 Å². The number of para-hydroxylation sites is 1. The average molecular weight is 271 g/mol. The molecule has 0 aliphatic rings. The third kappa shape index (κ3) is 2.63. The Labute approximate surface area is 120 Å². The molecule has 2 N–H and O–H groups in total. The van der Waals surface area contributed by atoms with Gasteiger partial charge < -0.3 is 15.2 Å². The molecule has 0 spiro atoms. The van der Waals surface area contributed by atoms with Crippen LogP contribution in [-0.2, 0) is 0 Å². The van der Waals surface area contributed by atoms with Crippen molar-refractivity contribution < 1.29 is 9.47 Å². The zero-order valence-electron chi connectivity index (χ0n) is 12.4. The number of aryl methyl sites for hydroxylation is 2. The van der Waals surface area contributed by atoms with E-state index in [9.17, 15) is 0 Å². The highest BCUT2D eigenvalue weighted by molar-refractivity contribution is 5.51. The maximum absolute atomic E-state index is 6.46. The van der Waals surface area contributed by atoms with E-state index in [-0.39, 0.29) is 6.04 Å². The SMILES string of the molecule is COc1ccccc1C(N)c1c(C)cc(C)cc1OC. The lowest BCUT2D eigenvalue weighted by Crippen LogP contribution is -2.15. The topological polar surface area (TPSA) is 44.5 Å². The molecule has 1 unspecified atom stereocenters. The largest absolute Gasteiger partial charge is 0.496 e. The van der Waals surface area contributed by atoms with Gasteiger partial charge in [0.1, 0.15) is 11.5 Å². The second-order valence-electron chi connectivity index (χ2n) is 4.92. The Bertz CT molecular complexity index is 608. The predicted molar refractivity (Wildman–Crippen MR) is 81.5 cm³/mol. The van der Waals surface area contributed by atoms with E-state index >= 15 is 0 Å². The van der Waals surface area contributed by atoms with Gasteiger partial charge in [-0.25, -0.2) is 0 Å². The van der Waals surface area contributed by atoms with Gasteiger partial charge in [-0.15, -0.1) is 0 Å². The molecule has 0 aliphatic carbocycles. The Balaban J connectivity index is 2.56. The highest BCUT2D eigenvalue weighted by atomic mass is 16.5. The van der Waals surface area contributed by atoms with E-state index in [1.54, 1.807) is 14.2 Å². The summed E-state index contributed by atoms with van der Waals surface area (Å²) in [5, 5.41) is 0. The Morgan fingerprint density at radius 3 is 2.25 bits per heavy atom. The number of hydrogen-bond acceptors (Lipinski definition) is 3. The van der Waals surface area contributed by atoms with Crippen molar-refractivity contribution in [2.24, 2.45) is 5.73 Å². The molecular formula is C17H21NO2. The first-order chi connectivity index (χ1) is 9.58. The summed E-state index contributed by atoms with van der Waals surface area (Å²) in [5.74, 6) is 1.61. The van der Waals surface area contributed by atoms with Crippen LogP contribution >= 0.6 is 0 Å². The Hall–Kier alpha value is -2.00. The molecule has 0 radical (unpaired) electrons. The van der Waals surface area contributed by atoms with Gasteiger partial charge in [-0.2, -0.15) is 0 Å². The summed E-state index contributed by atoms with van der Waals surface area (Å²) in [6.45, 7) is 4.11. The lowest BCUT2D eigenvalue weighted by atomic mass is 9.93. The summed E-state index contributed by atoms with van der Waals surface area (Å²) in [6, 6.07) is 11.7. The number of ether oxygens (including phenoxy) is 2. The van der Waals surface area contributed by atoms with Gasteiger partial charge >= 0.3 is 0 Å². The van der Waals surface area contributed by atoms with Gasteiger partial charge in [-0.1, -0.05) is 24.3 Å². The van der Waals surface area contributed by atoms with Crippen molar-refractivity contribution in [3.63, 3.8) is 0 Å². The third-order valence-electron chi connectivity index (χ3n) is 3.50. The van der Waals surface area contributed by atoms with Crippen LogP contribution in [0.3, 0.4) is 0 Å². The van der Waals surface area contributed by atoms with Gasteiger partial charge in [0.15, 0.2) is 0 Å². The molecule has 106 valence electrons. The third-order valence-corrected chi connectivity index (χ3v) is 3.50. The van der Waals surface area contributed by atoms with Crippen LogP contribution in [0.15, 0.2) is 36.4 Å². The van der Waals surface area contributed by atoms with Crippen LogP contribution in [0.4, 0.5) is 0 Å². The van der Waals surface area contributed by atoms with E-state index in [1.165, 1.54) is 0 Å². The molecule has 2 aromatic carbocycles. The quantitative estimate of drug-likeness (QED) is 0.927. The molecule has 1 atom stereocenters. The maximum Gasteiger partial charge on any atom is 0.124 e.